The highest BCUT2D eigenvalue weighted by molar-refractivity contribution is 5.87. The monoisotopic (exact) mass is 356 g/mol. The molecule has 0 aromatic rings. The Labute approximate surface area is 150 Å². The zero-order valence-corrected chi connectivity index (χ0v) is 16.1. The van der Waals surface area contributed by atoms with Crippen LogP contribution in [0.25, 0.3) is 0 Å². The summed E-state index contributed by atoms with van der Waals surface area (Å²) in [6.45, 7) is 9.51. The van der Waals surface area contributed by atoms with E-state index in [4.69, 9.17) is 4.74 Å². The molecule has 144 valence electrons. The van der Waals surface area contributed by atoms with Gasteiger partial charge in [-0.3, -0.25) is 4.79 Å². The highest BCUT2D eigenvalue weighted by Crippen LogP contribution is 2.26. The van der Waals surface area contributed by atoms with Crippen molar-refractivity contribution in [3.05, 3.63) is 0 Å². The number of amides is 2. The minimum Gasteiger partial charge on any atom is -0.479 e. The third-order valence-corrected chi connectivity index (χ3v) is 4.35. The van der Waals surface area contributed by atoms with Crippen LogP contribution in [-0.4, -0.2) is 52.2 Å². The van der Waals surface area contributed by atoms with Gasteiger partial charge in [0.15, 0.2) is 5.54 Å². The van der Waals surface area contributed by atoms with Crippen LogP contribution in [0.2, 0.25) is 0 Å². The molecule has 0 aliphatic carbocycles. The minimum atomic E-state index is -1.49. The molecule has 25 heavy (non-hydrogen) atoms. The van der Waals surface area contributed by atoms with Crippen molar-refractivity contribution in [1.29, 1.82) is 0 Å². The Kier molecular flexibility index (Phi) is 7.26. The maximum absolute atomic E-state index is 12.7. The first-order valence-corrected chi connectivity index (χ1v) is 9.08. The van der Waals surface area contributed by atoms with E-state index >= 15 is 0 Å². The fourth-order valence-corrected chi connectivity index (χ4v) is 3.17. The molecule has 7 nitrogen and oxygen atoms in total. The first kappa shape index (κ1) is 21.3. The number of carbonyl (C=O) groups excluding carboxylic acids is 2. The number of carboxylic acid groups (broad SMARTS) is 1. The van der Waals surface area contributed by atoms with Gasteiger partial charge >= 0.3 is 12.1 Å². The van der Waals surface area contributed by atoms with E-state index in [0.29, 0.717) is 6.54 Å². The predicted octanol–water partition coefficient (Wildman–Crippen LogP) is 2.78. The van der Waals surface area contributed by atoms with Crippen molar-refractivity contribution in [2.75, 3.05) is 13.1 Å². The largest absolute Gasteiger partial charge is 0.479 e. The van der Waals surface area contributed by atoms with Crippen LogP contribution >= 0.6 is 0 Å². The van der Waals surface area contributed by atoms with E-state index in [1.807, 2.05) is 13.8 Å². The van der Waals surface area contributed by atoms with Gasteiger partial charge in [-0.05, 0) is 33.6 Å². The Morgan fingerprint density at radius 2 is 1.76 bits per heavy atom. The third kappa shape index (κ3) is 5.90. The van der Waals surface area contributed by atoms with Crippen molar-refractivity contribution in [3.63, 3.8) is 0 Å². The van der Waals surface area contributed by atoms with Gasteiger partial charge in [-0.1, -0.05) is 26.7 Å². The average molecular weight is 356 g/mol. The average Bonchev–Trinajstić information content (AvgIpc) is 2.89. The first-order chi connectivity index (χ1) is 11.5. The minimum absolute atomic E-state index is 0.0159. The van der Waals surface area contributed by atoms with Crippen LogP contribution in [0.15, 0.2) is 0 Å². The van der Waals surface area contributed by atoms with E-state index < -0.39 is 23.2 Å². The SMILES string of the molecule is CCCC(CCC)C(=O)N1CCC(NC(=O)OC(C)(C)C)(C(=O)O)C1. The molecule has 0 spiro atoms. The number of ether oxygens (including phenoxy) is 1. The zero-order valence-electron chi connectivity index (χ0n) is 16.1. The van der Waals surface area contributed by atoms with E-state index in [0.717, 1.165) is 25.7 Å². The number of hydrogen-bond acceptors (Lipinski definition) is 4. The van der Waals surface area contributed by atoms with Crippen LogP contribution in [0.3, 0.4) is 0 Å². The number of carbonyl (C=O) groups is 3. The van der Waals surface area contributed by atoms with Gasteiger partial charge in [0.1, 0.15) is 5.60 Å². The molecule has 7 heteroatoms. The number of nitrogens with one attached hydrogen (secondary N) is 1. The standard InChI is InChI=1S/C18H32N2O5/c1-6-8-13(9-7-2)14(21)20-11-10-18(12-20,15(22)23)19-16(24)25-17(3,4)5/h13H,6-12H2,1-5H3,(H,19,24)(H,22,23). The number of carboxylic acids is 1. The summed E-state index contributed by atoms with van der Waals surface area (Å²) < 4.78 is 5.18. The highest BCUT2D eigenvalue weighted by Gasteiger charge is 2.48. The molecule has 0 bridgehead atoms. The second-order valence-corrected chi connectivity index (χ2v) is 7.80. The lowest BCUT2D eigenvalue weighted by atomic mass is 9.96. The van der Waals surface area contributed by atoms with Crippen LogP contribution in [-0.2, 0) is 14.3 Å². The van der Waals surface area contributed by atoms with Crippen LogP contribution in [0.1, 0.15) is 66.7 Å². The van der Waals surface area contributed by atoms with Crippen LogP contribution < -0.4 is 5.32 Å². The quantitative estimate of drug-likeness (QED) is 0.731. The van der Waals surface area contributed by atoms with E-state index in [1.54, 1.807) is 25.7 Å². The number of rotatable bonds is 7. The molecular formula is C18H32N2O5. The maximum Gasteiger partial charge on any atom is 0.408 e. The molecule has 1 unspecified atom stereocenters. The van der Waals surface area contributed by atoms with Gasteiger partial charge in [-0.25, -0.2) is 9.59 Å². The Morgan fingerprint density at radius 1 is 1.20 bits per heavy atom. The molecule has 0 aromatic carbocycles. The summed E-state index contributed by atoms with van der Waals surface area (Å²) in [4.78, 5) is 38.2. The van der Waals surface area contributed by atoms with Gasteiger partial charge in [-0.2, -0.15) is 0 Å². The molecule has 1 fully saturated rings. The van der Waals surface area contributed by atoms with Crippen molar-refractivity contribution < 1.29 is 24.2 Å². The van der Waals surface area contributed by atoms with E-state index in [1.165, 1.54) is 0 Å². The topological polar surface area (TPSA) is 95.9 Å². The molecule has 0 aromatic heterocycles. The Hall–Kier alpha value is -1.79. The zero-order chi connectivity index (χ0) is 19.3. The van der Waals surface area contributed by atoms with Crippen LogP contribution in [0.5, 0.6) is 0 Å². The van der Waals surface area contributed by atoms with Gasteiger partial charge in [0.25, 0.3) is 0 Å². The molecule has 2 amide bonds. The Bertz CT molecular complexity index is 494. The van der Waals surface area contributed by atoms with E-state index in [-0.39, 0.29) is 24.8 Å². The number of hydrogen-bond donors (Lipinski definition) is 2. The second kappa shape index (κ2) is 8.54. The molecule has 1 atom stereocenters. The Morgan fingerprint density at radius 3 is 2.20 bits per heavy atom. The van der Waals surface area contributed by atoms with E-state index in [2.05, 4.69) is 5.32 Å². The van der Waals surface area contributed by atoms with Crippen LogP contribution in [0, 0.1) is 5.92 Å². The fraction of sp³-hybridized carbons (Fsp3) is 0.833. The number of likely N-dealkylation sites (tertiary alicyclic amines) is 1. The lowest BCUT2D eigenvalue weighted by Crippen LogP contribution is -2.57. The van der Waals surface area contributed by atoms with Crippen molar-refractivity contribution in [2.24, 2.45) is 5.92 Å². The first-order valence-electron chi connectivity index (χ1n) is 9.08. The summed E-state index contributed by atoms with van der Waals surface area (Å²) in [6.07, 6.45) is 2.81. The molecule has 0 radical (unpaired) electrons. The number of alkyl carbamates (subject to hydrolysis) is 1. The molecule has 1 aliphatic heterocycles. The molecule has 1 heterocycles. The summed E-state index contributed by atoms with van der Waals surface area (Å²) in [6, 6.07) is 0. The summed E-state index contributed by atoms with van der Waals surface area (Å²) in [5, 5.41) is 12.1. The van der Waals surface area contributed by atoms with Gasteiger partial charge in [-0.15, -0.1) is 0 Å². The predicted molar refractivity (Wildman–Crippen MR) is 94.2 cm³/mol. The van der Waals surface area contributed by atoms with Crippen molar-refractivity contribution in [3.8, 4) is 0 Å². The van der Waals surface area contributed by atoms with Crippen molar-refractivity contribution in [1.82, 2.24) is 10.2 Å². The lowest BCUT2D eigenvalue weighted by Gasteiger charge is -2.29. The second-order valence-electron chi connectivity index (χ2n) is 7.80. The summed E-state index contributed by atoms with van der Waals surface area (Å²) >= 11 is 0. The molecule has 1 aliphatic rings. The van der Waals surface area contributed by atoms with Crippen molar-refractivity contribution >= 4 is 18.0 Å². The lowest BCUT2D eigenvalue weighted by molar-refractivity contribution is -0.145. The van der Waals surface area contributed by atoms with Crippen LogP contribution in [0.4, 0.5) is 4.79 Å². The normalized spacial score (nSPS) is 20.6. The summed E-state index contributed by atoms with van der Waals surface area (Å²) in [5.41, 5.74) is -2.20. The molecule has 1 saturated heterocycles. The van der Waals surface area contributed by atoms with Gasteiger partial charge in [0, 0.05) is 18.9 Å². The van der Waals surface area contributed by atoms with Gasteiger partial charge < -0.3 is 20.1 Å². The van der Waals surface area contributed by atoms with Gasteiger partial charge in [0.2, 0.25) is 5.91 Å². The van der Waals surface area contributed by atoms with Gasteiger partial charge in [0.05, 0.1) is 6.54 Å². The molecule has 2 N–H and O–H groups in total. The smallest absolute Gasteiger partial charge is 0.408 e. The molecule has 0 saturated carbocycles. The molecular weight excluding hydrogens is 324 g/mol. The maximum atomic E-state index is 12.7. The third-order valence-electron chi connectivity index (χ3n) is 4.35. The highest BCUT2D eigenvalue weighted by atomic mass is 16.6. The number of aliphatic carboxylic acids is 1. The fourth-order valence-electron chi connectivity index (χ4n) is 3.17. The summed E-state index contributed by atoms with van der Waals surface area (Å²) in [7, 11) is 0. The molecule has 1 rings (SSSR count). The number of nitrogens with zero attached hydrogens (tertiary/aromatic N) is 1. The Balaban J connectivity index is 2.84. The van der Waals surface area contributed by atoms with E-state index in [9.17, 15) is 19.5 Å². The van der Waals surface area contributed by atoms with Crippen molar-refractivity contribution in [2.45, 2.75) is 77.9 Å². The summed E-state index contributed by atoms with van der Waals surface area (Å²) in [5.74, 6) is -1.24.